The lowest BCUT2D eigenvalue weighted by Crippen LogP contribution is -2.43. The van der Waals surface area contributed by atoms with Gasteiger partial charge in [0.15, 0.2) is 0 Å². The van der Waals surface area contributed by atoms with Crippen LogP contribution in [0.1, 0.15) is 18.5 Å². The normalized spacial score (nSPS) is 27.2. The highest BCUT2D eigenvalue weighted by atomic mass is 16.5. The molecule has 4 nitrogen and oxygen atoms in total. The highest BCUT2D eigenvalue weighted by Gasteiger charge is 2.42. The van der Waals surface area contributed by atoms with Gasteiger partial charge in [0.05, 0.1) is 36.6 Å². The van der Waals surface area contributed by atoms with Gasteiger partial charge >= 0.3 is 0 Å². The summed E-state index contributed by atoms with van der Waals surface area (Å²) in [6.45, 7) is 6.90. The van der Waals surface area contributed by atoms with Crippen LogP contribution >= 0.6 is 0 Å². The third-order valence-electron chi connectivity index (χ3n) is 5.10. The van der Waals surface area contributed by atoms with Gasteiger partial charge in [0, 0.05) is 24.5 Å². The Morgan fingerprint density at radius 3 is 3.08 bits per heavy atom. The molecule has 2 heterocycles. The van der Waals surface area contributed by atoms with E-state index in [1.165, 1.54) is 5.39 Å². The Morgan fingerprint density at radius 1 is 1.25 bits per heavy atom. The van der Waals surface area contributed by atoms with Crippen LogP contribution in [0.4, 0.5) is 0 Å². The Kier molecular flexibility index (Phi) is 4.60. The Balaban J connectivity index is 1.54. The molecule has 0 amide bonds. The Bertz CT molecular complexity index is 718. The van der Waals surface area contributed by atoms with Crippen molar-refractivity contribution in [2.24, 2.45) is 0 Å². The molecule has 0 spiro atoms. The first kappa shape index (κ1) is 15.8. The van der Waals surface area contributed by atoms with E-state index >= 15 is 0 Å². The summed E-state index contributed by atoms with van der Waals surface area (Å²) >= 11 is 0. The lowest BCUT2D eigenvalue weighted by molar-refractivity contribution is -0.0447. The van der Waals surface area contributed by atoms with Crippen LogP contribution < -0.4 is 0 Å². The summed E-state index contributed by atoms with van der Waals surface area (Å²) in [7, 11) is 0. The van der Waals surface area contributed by atoms with Gasteiger partial charge in [-0.25, -0.2) is 0 Å². The van der Waals surface area contributed by atoms with E-state index in [-0.39, 0.29) is 12.2 Å². The van der Waals surface area contributed by atoms with E-state index < -0.39 is 0 Å². The summed E-state index contributed by atoms with van der Waals surface area (Å²) in [5.41, 5.74) is 2.17. The van der Waals surface area contributed by atoms with Gasteiger partial charge in [-0.1, -0.05) is 30.3 Å². The van der Waals surface area contributed by atoms with Crippen LogP contribution in [0.5, 0.6) is 0 Å². The van der Waals surface area contributed by atoms with E-state index in [0.29, 0.717) is 12.6 Å². The van der Waals surface area contributed by atoms with Crippen molar-refractivity contribution in [3.05, 3.63) is 54.7 Å². The summed E-state index contributed by atoms with van der Waals surface area (Å²) in [6, 6.07) is 13.0. The maximum atomic E-state index is 6.03. The largest absolute Gasteiger partial charge is 0.374 e. The monoisotopic (exact) mass is 324 g/mol. The number of fused-ring (bicyclic) bond motifs is 3. The second-order valence-corrected chi connectivity index (χ2v) is 6.61. The minimum atomic E-state index is 0.144. The number of nitrogens with zero attached hydrogens (tertiary/aromatic N) is 2. The van der Waals surface area contributed by atoms with Crippen molar-refractivity contribution in [1.82, 2.24) is 9.88 Å². The second-order valence-electron chi connectivity index (χ2n) is 6.61. The first-order chi connectivity index (χ1) is 11.8. The van der Waals surface area contributed by atoms with Crippen molar-refractivity contribution < 1.29 is 9.47 Å². The lowest BCUT2D eigenvalue weighted by atomic mass is 10.1. The molecule has 0 radical (unpaired) electrons. The SMILES string of the molecule is C=CCOC1C2CCC1N(Cc1ccc3ccccc3n1)CCO2. The fraction of sp³-hybridized carbons (Fsp3) is 0.450. The van der Waals surface area contributed by atoms with E-state index in [2.05, 4.69) is 41.8 Å². The smallest absolute Gasteiger partial charge is 0.0995 e. The molecule has 1 saturated heterocycles. The van der Waals surface area contributed by atoms with Crippen molar-refractivity contribution in [2.75, 3.05) is 19.8 Å². The summed E-state index contributed by atoms with van der Waals surface area (Å²) in [6.07, 6.45) is 4.39. The fourth-order valence-corrected chi connectivity index (χ4v) is 3.97. The molecule has 24 heavy (non-hydrogen) atoms. The molecule has 2 fully saturated rings. The predicted octanol–water partition coefficient (Wildman–Crippen LogP) is 3.17. The van der Waals surface area contributed by atoms with Crippen LogP contribution in [0.3, 0.4) is 0 Å². The third-order valence-corrected chi connectivity index (χ3v) is 5.10. The topological polar surface area (TPSA) is 34.6 Å². The van der Waals surface area contributed by atoms with E-state index in [9.17, 15) is 0 Å². The molecule has 0 N–H and O–H groups in total. The number of pyridine rings is 1. The van der Waals surface area contributed by atoms with Crippen molar-refractivity contribution >= 4 is 10.9 Å². The molecule has 3 unspecified atom stereocenters. The molecular formula is C20H24N2O2. The van der Waals surface area contributed by atoms with Crippen LogP contribution in [-0.2, 0) is 16.0 Å². The number of ether oxygens (including phenoxy) is 2. The molecule has 1 aromatic carbocycles. The molecule has 126 valence electrons. The molecule has 4 rings (SSSR count). The van der Waals surface area contributed by atoms with Crippen LogP contribution in [0.2, 0.25) is 0 Å². The zero-order valence-electron chi connectivity index (χ0n) is 13.9. The maximum Gasteiger partial charge on any atom is 0.0995 e. The quantitative estimate of drug-likeness (QED) is 0.791. The Hall–Kier alpha value is -1.75. The van der Waals surface area contributed by atoms with Crippen molar-refractivity contribution in [3.63, 3.8) is 0 Å². The molecule has 2 aromatic rings. The summed E-state index contributed by atoms with van der Waals surface area (Å²) in [4.78, 5) is 7.31. The highest BCUT2D eigenvalue weighted by Crippen LogP contribution is 2.32. The molecule has 2 aliphatic rings. The molecule has 1 aromatic heterocycles. The number of aromatic nitrogens is 1. The zero-order chi connectivity index (χ0) is 16.4. The molecule has 1 aliphatic carbocycles. The van der Waals surface area contributed by atoms with Gasteiger partial charge in [0.25, 0.3) is 0 Å². The molecule has 2 bridgehead atoms. The molecule has 4 heteroatoms. The summed E-state index contributed by atoms with van der Waals surface area (Å²) < 4.78 is 12.1. The second kappa shape index (κ2) is 7.01. The number of para-hydroxylation sites is 1. The van der Waals surface area contributed by atoms with Crippen LogP contribution in [-0.4, -0.2) is 47.9 Å². The van der Waals surface area contributed by atoms with Crippen LogP contribution in [0.15, 0.2) is 49.1 Å². The van der Waals surface area contributed by atoms with Gasteiger partial charge in [-0.2, -0.15) is 0 Å². The first-order valence-electron chi connectivity index (χ1n) is 8.78. The highest BCUT2D eigenvalue weighted by molar-refractivity contribution is 5.78. The average molecular weight is 324 g/mol. The Labute approximate surface area is 143 Å². The molecule has 3 atom stereocenters. The molecule has 1 saturated carbocycles. The summed E-state index contributed by atoms with van der Waals surface area (Å²) in [5, 5.41) is 1.19. The molecule has 1 aliphatic heterocycles. The van der Waals surface area contributed by atoms with Crippen LogP contribution in [0, 0.1) is 0 Å². The Morgan fingerprint density at radius 2 is 2.17 bits per heavy atom. The van der Waals surface area contributed by atoms with Gasteiger partial charge in [-0.15, -0.1) is 6.58 Å². The third kappa shape index (κ3) is 3.09. The number of hydrogen-bond acceptors (Lipinski definition) is 4. The first-order valence-corrected chi connectivity index (χ1v) is 8.78. The van der Waals surface area contributed by atoms with Crippen molar-refractivity contribution in [1.29, 1.82) is 0 Å². The maximum absolute atomic E-state index is 6.03. The van der Waals surface area contributed by atoms with Gasteiger partial charge < -0.3 is 9.47 Å². The number of hydrogen-bond donors (Lipinski definition) is 0. The fourth-order valence-electron chi connectivity index (χ4n) is 3.97. The molecular weight excluding hydrogens is 300 g/mol. The van der Waals surface area contributed by atoms with Crippen LogP contribution in [0.25, 0.3) is 10.9 Å². The summed E-state index contributed by atoms with van der Waals surface area (Å²) in [5.74, 6) is 0. The van der Waals surface area contributed by atoms with E-state index in [4.69, 9.17) is 14.5 Å². The predicted molar refractivity (Wildman–Crippen MR) is 94.9 cm³/mol. The van der Waals surface area contributed by atoms with Crippen molar-refractivity contribution in [3.8, 4) is 0 Å². The van der Waals surface area contributed by atoms with E-state index in [1.807, 2.05) is 12.1 Å². The standard InChI is InChI=1S/C20H24N2O2/c1-2-12-24-20-18-9-10-19(20)23-13-11-22(18)14-16-8-7-15-5-3-4-6-17(15)21-16/h2-8,18-20H,1,9-14H2. The van der Waals surface area contributed by atoms with E-state index in [0.717, 1.165) is 43.7 Å². The minimum Gasteiger partial charge on any atom is -0.374 e. The minimum absolute atomic E-state index is 0.144. The van der Waals surface area contributed by atoms with Gasteiger partial charge in [0.2, 0.25) is 0 Å². The zero-order valence-corrected chi connectivity index (χ0v) is 13.9. The van der Waals surface area contributed by atoms with Gasteiger partial charge in [-0.05, 0) is 25.0 Å². The van der Waals surface area contributed by atoms with Gasteiger partial charge in [0.1, 0.15) is 0 Å². The average Bonchev–Trinajstić information content (AvgIpc) is 2.92. The van der Waals surface area contributed by atoms with Gasteiger partial charge in [-0.3, -0.25) is 9.88 Å². The van der Waals surface area contributed by atoms with E-state index in [1.54, 1.807) is 0 Å². The number of rotatable bonds is 5. The van der Waals surface area contributed by atoms with Crippen molar-refractivity contribution in [2.45, 2.75) is 37.6 Å². The number of benzene rings is 1. The lowest BCUT2D eigenvalue weighted by Gasteiger charge is -2.30.